The number of rotatable bonds is 8. The van der Waals surface area contributed by atoms with Crippen molar-refractivity contribution in [1.29, 1.82) is 0 Å². The molecule has 0 radical (unpaired) electrons. The second kappa shape index (κ2) is 10.3. The van der Waals surface area contributed by atoms with Gasteiger partial charge in [-0.05, 0) is 55.5 Å². The van der Waals surface area contributed by atoms with Crippen LogP contribution in [0.2, 0.25) is 0 Å². The van der Waals surface area contributed by atoms with Gasteiger partial charge in [0, 0.05) is 0 Å². The van der Waals surface area contributed by atoms with Crippen molar-refractivity contribution in [2.24, 2.45) is 0 Å². The highest BCUT2D eigenvalue weighted by atomic mass is 32.2. The van der Waals surface area contributed by atoms with E-state index in [2.05, 4.69) is 10.3 Å². The number of nitro benzene ring substituents is 1. The number of hydrogen-bond donors (Lipinski definition) is 1. The molecule has 178 valence electrons. The number of nitro groups is 1. The number of hydrogen-bond acceptors (Lipinski definition) is 7. The van der Waals surface area contributed by atoms with Gasteiger partial charge in [-0.1, -0.05) is 23.9 Å². The summed E-state index contributed by atoms with van der Waals surface area (Å²) >= 11 is 0.979. The molecule has 0 fully saturated rings. The van der Waals surface area contributed by atoms with Gasteiger partial charge in [-0.25, -0.2) is 9.37 Å². The van der Waals surface area contributed by atoms with Crippen molar-refractivity contribution in [3.05, 3.63) is 93.0 Å². The van der Waals surface area contributed by atoms with Gasteiger partial charge in [-0.15, -0.1) is 0 Å². The third kappa shape index (κ3) is 5.30. The molecule has 0 atom stereocenters. The lowest BCUT2D eigenvalue weighted by molar-refractivity contribution is -0.384. The fourth-order valence-electron chi connectivity index (χ4n) is 3.37. The quantitative estimate of drug-likeness (QED) is 0.165. The number of thioether (sulfide) groups is 1. The van der Waals surface area contributed by atoms with Gasteiger partial charge in [0.15, 0.2) is 5.16 Å². The summed E-state index contributed by atoms with van der Waals surface area (Å²) in [6, 6.07) is 16.3. The first-order chi connectivity index (χ1) is 16.9. The fourth-order valence-corrected chi connectivity index (χ4v) is 4.18. The third-order valence-corrected chi connectivity index (χ3v) is 5.85. The van der Waals surface area contributed by atoms with Crippen LogP contribution in [0.15, 0.2) is 76.7 Å². The van der Waals surface area contributed by atoms with Crippen LogP contribution in [0.3, 0.4) is 0 Å². The number of fused-ring (bicyclic) bond motifs is 1. The van der Waals surface area contributed by atoms with E-state index in [9.17, 15) is 24.1 Å². The van der Waals surface area contributed by atoms with Crippen LogP contribution < -0.4 is 15.6 Å². The molecule has 0 saturated carbocycles. The van der Waals surface area contributed by atoms with E-state index >= 15 is 0 Å². The molecular weight excluding hydrogens is 475 g/mol. The first kappa shape index (κ1) is 23.9. The highest BCUT2D eigenvalue weighted by Crippen LogP contribution is 2.30. The van der Waals surface area contributed by atoms with Crippen molar-refractivity contribution < 1.29 is 18.8 Å². The van der Waals surface area contributed by atoms with Gasteiger partial charge in [-0.2, -0.15) is 0 Å². The smallest absolute Gasteiger partial charge is 0.296 e. The number of anilines is 1. The third-order valence-electron chi connectivity index (χ3n) is 4.91. The maximum absolute atomic E-state index is 13.5. The predicted octanol–water partition coefficient (Wildman–Crippen LogP) is 4.56. The van der Waals surface area contributed by atoms with E-state index in [0.717, 1.165) is 11.8 Å². The number of nitrogens with one attached hydrogen (secondary N) is 1. The first-order valence-electron chi connectivity index (χ1n) is 10.5. The molecule has 0 unspecified atom stereocenters. The van der Waals surface area contributed by atoms with Crippen LogP contribution in [0.1, 0.15) is 6.92 Å². The Balaban J connectivity index is 1.62. The van der Waals surface area contributed by atoms with Crippen LogP contribution in [0.4, 0.5) is 15.8 Å². The lowest BCUT2D eigenvalue weighted by Gasteiger charge is -2.13. The molecular formula is C24H19FN4O5S. The number of benzene rings is 3. The molecule has 4 aromatic rings. The van der Waals surface area contributed by atoms with Gasteiger partial charge in [0.1, 0.15) is 17.3 Å². The summed E-state index contributed by atoms with van der Waals surface area (Å²) in [5.41, 5.74) is 0.181. The molecule has 0 bridgehead atoms. The second-order valence-corrected chi connectivity index (χ2v) is 8.18. The maximum Gasteiger partial charge on any atom is 0.296 e. The number of para-hydroxylation sites is 1. The molecule has 4 rings (SSSR count). The first-order valence-corrected chi connectivity index (χ1v) is 11.5. The van der Waals surface area contributed by atoms with E-state index < -0.39 is 16.6 Å². The Morgan fingerprint density at radius 1 is 1.17 bits per heavy atom. The molecule has 0 spiro atoms. The summed E-state index contributed by atoms with van der Waals surface area (Å²) in [4.78, 5) is 41.2. The largest absolute Gasteiger partial charge is 0.494 e. The van der Waals surface area contributed by atoms with Gasteiger partial charge in [-0.3, -0.25) is 24.3 Å². The Kier molecular flexibility index (Phi) is 7.06. The normalized spacial score (nSPS) is 10.8. The van der Waals surface area contributed by atoms with Crippen molar-refractivity contribution in [2.45, 2.75) is 12.1 Å². The molecule has 3 aromatic carbocycles. The van der Waals surface area contributed by atoms with E-state index in [4.69, 9.17) is 4.74 Å². The molecule has 1 heterocycles. The highest BCUT2D eigenvalue weighted by molar-refractivity contribution is 7.99. The molecule has 11 heteroatoms. The van der Waals surface area contributed by atoms with Crippen LogP contribution in [0.25, 0.3) is 16.6 Å². The van der Waals surface area contributed by atoms with Gasteiger partial charge in [0.05, 0.1) is 39.9 Å². The number of carbonyl (C=O) groups excluding carboxylic acids is 1. The van der Waals surface area contributed by atoms with E-state index in [0.29, 0.717) is 28.9 Å². The van der Waals surface area contributed by atoms with E-state index in [1.54, 1.807) is 31.2 Å². The highest BCUT2D eigenvalue weighted by Gasteiger charge is 2.19. The fraction of sp³-hybridized carbons (Fsp3) is 0.125. The van der Waals surface area contributed by atoms with E-state index in [1.165, 1.54) is 47.0 Å². The summed E-state index contributed by atoms with van der Waals surface area (Å²) in [7, 11) is 0. The summed E-state index contributed by atoms with van der Waals surface area (Å²) in [5, 5.41) is 14.6. The molecule has 0 aliphatic rings. The lowest BCUT2D eigenvalue weighted by atomic mass is 10.2. The summed E-state index contributed by atoms with van der Waals surface area (Å²) in [5.74, 6) is -0.859. The Morgan fingerprint density at radius 3 is 2.63 bits per heavy atom. The van der Waals surface area contributed by atoms with Crippen LogP contribution in [-0.4, -0.2) is 32.7 Å². The van der Waals surface area contributed by atoms with Crippen LogP contribution in [0, 0.1) is 15.9 Å². The Hall–Kier alpha value is -4.25. The van der Waals surface area contributed by atoms with Gasteiger partial charge in [0.2, 0.25) is 5.91 Å². The predicted molar refractivity (Wildman–Crippen MR) is 131 cm³/mol. The van der Waals surface area contributed by atoms with Crippen molar-refractivity contribution in [1.82, 2.24) is 9.55 Å². The van der Waals surface area contributed by atoms with E-state index in [-0.39, 0.29) is 27.8 Å². The molecule has 0 aliphatic heterocycles. The Bertz CT molecular complexity index is 1470. The summed E-state index contributed by atoms with van der Waals surface area (Å²) in [6.45, 7) is 2.10. The minimum absolute atomic E-state index is 0.0199. The molecule has 35 heavy (non-hydrogen) atoms. The maximum atomic E-state index is 13.5. The minimum Gasteiger partial charge on any atom is -0.494 e. The van der Waals surface area contributed by atoms with E-state index in [1.807, 2.05) is 0 Å². The number of halogens is 1. The van der Waals surface area contributed by atoms with Crippen molar-refractivity contribution >= 4 is 39.9 Å². The average molecular weight is 495 g/mol. The zero-order chi connectivity index (χ0) is 24.9. The van der Waals surface area contributed by atoms with Crippen molar-refractivity contribution in [3.63, 3.8) is 0 Å². The summed E-state index contributed by atoms with van der Waals surface area (Å²) in [6.07, 6.45) is 0. The number of carbonyl (C=O) groups is 1. The summed E-state index contributed by atoms with van der Waals surface area (Å²) < 4.78 is 20.0. The molecule has 1 aromatic heterocycles. The van der Waals surface area contributed by atoms with Crippen molar-refractivity contribution in [2.75, 3.05) is 17.7 Å². The Morgan fingerprint density at radius 2 is 1.91 bits per heavy atom. The Labute approximate surface area is 202 Å². The number of nitrogens with zero attached hydrogens (tertiary/aromatic N) is 3. The van der Waals surface area contributed by atoms with Gasteiger partial charge < -0.3 is 10.1 Å². The van der Waals surface area contributed by atoms with Gasteiger partial charge >= 0.3 is 0 Å². The standard InChI is InChI=1S/C24H19FN4O5S/c1-2-34-17-11-12-20(21(13-17)29(32)33)26-22(30)14-35-24-27-19-6-4-3-5-18(19)23(31)28(24)16-9-7-15(25)8-10-16/h3-13H,2,14H2,1H3,(H,26,30). The number of ether oxygens (including phenoxy) is 1. The zero-order valence-electron chi connectivity index (χ0n) is 18.4. The molecule has 0 saturated heterocycles. The van der Waals surface area contributed by atoms with Crippen LogP contribution in [-0.2, 0) is 4.79 Å². The molecule has 1 N–H and O–H groups in total. The topological polar surface area (TPSA) is 116 Å². The van der Waals surface area contributed by atoms with Gasteiger partial charge in [0.25, 0.3) is 11.2 Å². The van der Waals surface area contributed by atoms with Crippen LogP contribution in [0.5, 0.6) is 5.75 Å². The molecule has 9 nitrogen and oxygen atoms in total. The monoisotopic (exact) mass is 494 g/mol. The molecule has 1 amide bonds. The van der Waals surface area contributed by atoms with Crippen LogP contribution >= 0.6 is 11.8 Å². The number of aromatic nitrogens is 2. The molecule has 0 aliphatic carbocycles. The average Bonchev–Trinajstić information content (AvgIpc) is 2.84. The number of amides is 1. The SMILES string of the molecule is CCOc1ccc(NC(=O)CSc2nc3ccccc3c(=O)n2-c2ccc(F)cc2)c([N+](=O)[O-])c1. The second-order valence-electron chi connectivity index (χ2n) is 7.23. The lowest BCUT2D eigenvalue weighted by Crippen LogP contribution is -2.23. The van der Waals surface area contributed by atoms with Crippen molar-refractivity contribution in [3.8, 4) is 11.4 Å². The zero-order valence-corrected chi connectivity index (χ0v) is 19.3. The minimum atomic E-state index is -0.609.